The molecule has 2 heterocycles. The van der Waals surface area contributed by atoms with E-state index >= 15 is 0 Å². The number of carbonyl (C=O) groups is 4. The Morgan fingerprint density at radius 2 is 2.14 bits per heavy atom. The summed E-state index contributed by atoms with van der Waals surface area (Å²) in [6, 6.07) is -0.675. The summed E-state index contributed by atoms with van der Waals surface area (Å²) in [6.45, 7) is 0.937. The Balaban J connectivity index is 1.52. The van der Waals surface area contributed by atoms with Crippen molar-refractivity contribution < 1.29 is 33.8 Å². The lowest BCUT2D eigenvalue weighted by Crippen LogP contribution is -2.72. The number of hydrogen-bond donors (Lipinski definition) is 3. The summed E-state index contributed by atoms with van der Waals surface area (Å²) >= 11 is 1.36. The lowest BCUT2D eigenvalue weighted by molar-refractivity contribution is -0.150. The Labute approximate surface area is 171 Å². The van der Waals surface area contributed by atoms with Crippen LogP contribution < -0.4 is 10.9 Å². The Morgan fingerprint density at radius 1 is 1.34 bits per heavy atom. The van der Waals surface area contributed by atoms with Gasteiger partial charge in [0.2, 0.25) is 5.91 Å². The molecule has 0 spiro atoms. The number of esters is 2. The van der Waals surface area contributed by atoms with E-state index in [1.807, 2.05) is 6.08 Å². The number of carboxylic acid groups (broad SMARTS) is 1. The molecule has 1 saturated heterocycles. The van der Waals surface area contributed by atoms with Crippen LogP contribution in [0.2, 0.25) is 0 Å². The first kappa shape index (κ1) is 21.3. The fourth-order valence-electron chi connectivity index (χ4n) is 3.30. The van der Waals surface area contributed by atoms with Crippen LogP contribution in [0.1, 0.15) is 32.6 Å². The van der Waals surface area contributed by atoms with Crippen LogP contribution in [0.4, 0.5) is 0 Å². The summed E-state index contributed by atoms with van der Waals surface area (Å²) < 4.78 is 10.1. The molecule has 0 bridgehead atoms. The average molecular weight is 425 g/mol. The molecule has 29 heavy (non-hydrogen) atoms. The Morgan fingerprint density at radius 3 is 2.79 bits per heavy atom. The third kappa shape index (κ3) is 4.98. The molecular formula is C18H23N3O7S. The van der Waals surface area contributed by atoms with Gasteiger partial charge in [0, 0.05) is 24.7 Å². The molecule has 10 nitrogen and oxygen atoms in total. The maximum atomic E-state index is 12.5. The minimum atomic E-state index is -1.25. The van der Waals surface area contributed by atoms with Gasteiger partial charge in [0.25, 0.3) is 0 Å². The molecule has 0 saturated carbocycles. The maximum absolute atomic E-state index is 12.5. The second-order valence-corrected chi connectivity index (χ2v) is 7.92. The molecule has 0 aromatic heterocycles. The standard InChI is InChI=1S/C18H23N3O7S/c1-10(22)27-8-11-9-29-17-14(16(24)21(17)15(11)18(25)26)20-19-7-13(23)28-12-5-3-2-4-6-12/h5,14,17,19-20H,2-4,6-9H2,1H3,(H,25,26)/t14-,17-/m1/s1. The van der Waals surface area contributed by atoms with Crippen molar-refractivity contribution >= 4 is 35.6 Å². The molecular weight excluding hydrogens is 402 g/mol. The van der Waals surface area contributed by atoms with Gasteiger partial charge in [-0.2, -0.15) is 0 Å². The van der Waals surface area contributed by atoms with E-state index in [0.717, 1.165) is 25.7 Å². The Kier molecular flexibility index (Phi) is 6.93. The van der Waals surface area contributed by atoms with Crippen LogP contribution in [0.25, 0.3) is 0 Å². The van der Waals surface area contributed by atoms with Crippen molar-refractivity contribution in [1.29, 1.82) is 0 Å². The number of amides is 1. The van der Waals surface area contributed by atoms with Gasteiger partial charge in [0.05, 0.1) is 0 Å². The fourth-order valence-corrected chi connectivity index (χ4v) is 4.63. The van der Waals surface area contributed by atoms with Gasteiger partial charge in [-0.3, -0.25) is 19.3 Å². The number of carboxylic acids is 1. The molecule has 2 aliphatic heterocycles. The molecule has 3 rings (SSSR count). The predicted molar refractivity (Wildman–Crippen MR) is 102 cm³/mol. The summed E-state index contributed by atoms with van der Waals surface area (Å²) in [5.41, 5.74) is 5.69. The molecule has 0 aromatic carbocycles. The number of nitrogens with one attached hydrogen (secondary N) is 2. The number of β-lactam (4-membered cyclic amide) rings is 1. The smallest absolute Gasteiger partial charge is 0.352 e. The Bertz CT molecular complexity index is 779. The third-order valence-corrected chi connectivity index (χ3v) is 6.02. The van der Waals surface area contributed by atoms with Crippen LogP contribution in [-0.2, 0) is 28.7 Å². The second kappa shape index (κ2) is 9.42. The highest BCUT2D eigenvalue weighted by molar-refractivity contribution is 8.00. The number of hydrogen-bond acceptors (Lipinski definition) is 9. The first-order chi connectivity index (χ1) is 13.9. The molecule has 2 atom stereocenters. The van der Waals surface area contributed by atoms with E-state index < -0.39 is 35.2 Å². The third-order valence-electron chi connectivity index (χ3n) is 4.68. The number of aliphatic carboxylic acids is 1. The topological polar surface area (TPSA) is 134 Å². The number of carbonyl (C=O) groups excluding carboxylic acids is 3. The largest absolute Gasteiger partial charge is 0.477 e. The van der Waals surface area contributed by atoms with Gasteiger partial charge in [-0.15, -0.1) is 11.8 Å². The average Bonchev–Trinajstić information content (AvgIpc) is 2.69. The van der Waals surface area contributed by atoms with E-state index in [9.17, 15) is 24.3 Å². The zero-order valence-electron chi connectivity index (χ0n) is 15.9. The zero-order valence-corrected chi connectivity index (χ0v) is 16.8. The van der Waals surface area contributed by atoms with Gasteiger partial charge >= 0.3 is 17.9 Å². The first-order valence-corrected chi connectivity index (χ1v) is 10.3. The quantitative estimate of drug-likeness (QED) is 0.282. The number of fused-ring (bicyclic) bond motifs is 1. The van der Waals surface area contributed by atoms with E-state index in [0.29, 0.717) is 17.1 Å². The number of nitrogens with zero attached hydrogens (tertiary/aromatic N) is 1. The van der Waals surface area contributed by atoms with Crippen LogP contribution >= 0.6 is 11.8 Å². The van der Waals surface area contributed by atoms with Crippen LogP contribution in [0, 0.1) is 0 Å². The summed E-state index contributed by atoms with van der Waals surface area (Å²) in [5, 5.41) is 9.07. The van der Waals surface area contributed by atoms with Crippen molar-refractivity contribution in [2.45, 2.75) is 44.0 Å². The number of rotatable bonds is 8. The van der Waals surface area contributed by atoms with Gasteiger partial charge in [0.1, 0.15) is 36.0 Å². The van der Waals surface area contributed by atoms with E-state index in [1.165, 1.54) is 23.6 Å². The molecule has 0 radical (unpaired) electrons. The SMILES string of the molecule is CC(=O)OCC1=C(C(=O)O)N2C(=O)[C@@H](NNCC(=O)OC3=CCCCC3)[C@H]2SC1. The van der Waals surface area contributed by atoms with Gasteiger partial charge in [0.15, 0.2) is 0 Å². The Hall–Kier alpha value is -2.37. The normalized spacial score (nSPS) is 23.7. The summed E-state index contributed by atoms with van der Waals surface area (Å²) in [4.78, 5) is 48.2. The predicted octanol–water partition coefficient (Wildman–Crippen LogP) is 0.267. The molecule has 1 fully saturated rings. The van der Waals surface area contributed by atoms with E-state index in [1.54, 1.807) is 0 Å². The molecule has 11 heteroatoms. The second-order valence-electron chi connectivity index (χ2n) is 6.81. The number of allylic oxidation sites excluding steroid dienone is 2. The summed E-state index contributed by atoms with van der Waals surface area (Å²) in [7, 11) is 0. The van der Waals surface area contributed by atoms with Crippen LogP contribution in [0.5, 0.6) is 0 Å². The molecule has 1 aliphatic carbocycles. The highest BCUT2D eigenvalue weighted by Crippen LogP contribution is 2.40. The highest BCUT2D eigenvalue weighted by atomic mass is 32.2. The van der Waals surface area contributed by atoms with Gasteiger partial charge in [-0.1, -0.05) is 0 Å². The van der Waals surface area contributed by atoms with Crippen molar-refractivity contribution in [3.63, 3.8) is 0 Å². The first-order valence-electron chi connectivity index (χ1n) is 9.30. The zero-order chi connectivity index (χ0) is 21.0. The summed E-state index contributed by atoms with van der Waals surface area (Å²) in [5.74, 6) is -1.67. The fraction of sp³-hybridized carbons (Fsp3) is 0.556. The van der Waals surface area contributed by atoms with E-state index in [-0.39, 0.29) is 18.8 Å². The molecule has 0 unspecified atom stereocenters. The van der Waals surface area contributed by atoms with Crippen LogP contribution in [0.15, 0.2) is 23.1 Å². The molecule has 3 aliphatic rings. The maximum Gasteiger partial charge on any atom is 0.352 e. The molecule has 158 valence electrons. The van der Waals surface area contributed by atoms with Crippen LogP contribution in [0.3, 0.4) is 0 Å². The van der Waals surface area contributed by atoms with Crippen molar-refractivity contribution in [3.05, 3.63) is 23.1 Å². The lowest BCUT2D eigenvalue weighted by Gasteiger charge is -2.49. The van der Waals surface area contributed by atoms with E-state index in [4.69, 9.17) is 9.47 Å². The number of thioether (sulfide) groups is 1. The molecule has 1 amide bonds. The van der Waals surface area contributed by atoms with Gasteiger partial charge in [-0.25, -0.2) is 15.6 Å². The molecule has 3 N–H and O–H groups in total. The van der Waals surface area contributed by atoms with Gasteiger partial charge < -0.3 is 14.6 Å². The minimum Gasteiger partial charge on any atom is -0.477 e. The van der Waals surface area contributed by atoms with Crippen molar-refractivity contribution in [1.82, 2.24) is 15.8 Å². The highest BCUT2D eigenvalue weighted by Gasteiger charge is 2.53. The van der Waals surface area contributed by atoms with Crippen molar-refractivity contribution in [2.24, 2.45) is 0 Å². The monoisotopic (exact) mass is 425 g/mol. The molecule has 0 aromatic rings. The van der Waals surface area contributed by atoms with Crippen LogP contribution in [-0.4, -0.2) is 64.1 Å². The lowest BCUT2D eigenvalue weighted by atomic mass is 10.0. The summed E-state index contributed by atoms with van der Waals surface area (Å²) in [6.07, 6.45) is 5.64. The van der Waals surface area contributed by atoms with Gasteiger partial charge in [-0.05, 0) is 25.3 Å². The minimum absolute atomic E-state index is 0.127. The van der Waals surface area contributed by atoms with Crippen molar-refractivity contribution in [2.75, 3.05) is 18.9 Å². The van der Waals surface area contributed by atoms with Crippen molar-refractivity contribution in [3.8, 4) is 0 Å². The van der Waals surface area contributed by atoms with E-state index in [2.05, 4.69) is 10.9 Å². The number of ether oxygens (including phenoxy) is 2. The number of hydrazine groups is 1.